The van der Waals surface area contributed by atoms with Gasteiger partial charge in [0.1, 0.15) is 5.75 Å². The maximum Gasteiger partial charge on any atom is 0.344 e. The van der Waals surface area contributed by atoms with E-state index in [-0.39, 0.29) is 18.6 Å². The number of nitrogens with zero attached hydrogens (tertiary/aromatic N) is 2. The van der Waals surface area contributed by atoms with E-state index >= 15 is 0 Å². The van der Waals surface area contributed by atoms with Crippen molar-refractivity contribution in [2.45, 2.75) is 20.0 Å². The molecule has 0 spiro atoms. The van der Waals surface area contributed by atoms with Crippen molar-refractivity contribution in [2.24, 2.45) is 4.99 Å². The van der Waals surface area contributed by atoms with Crippen molar-refractivity contribution in [2.75, 3.05) is 20.7 Å². The van der Waals surface area contributed by atoms with Crippen LogP contribution in [0.15, 0.2) is 34.2 Å². The topological polar surface area (TPSA) is 68.2 Å². The minimum absolute atomic E-state index is 0.0719. The number of esters is 1. The van der Waals surface area contributed by atoms with Crippen molar-refractivity contribution in [3.8, 4) is 5.75 Å². The highest BCUT2D eigenvalue weighted by Gasteiger charge is 2.29. The number of ether oxygens (including phenoxy) is 2. The third-order valence-electron chi connectivity index (χ3n) is 3.10. The monoisotopic (exact) mass is 348 g/mol. The molecule has 1 saturated heterocycles. The van der Waals surface area contributed by atoms with Gasteiger partial charge in [-0.2, -0.15) is 0 Å². The molecule has 1 amide bonds. The molecule has 1 fully saturated rings. The summed E-state index contributed by atoms with van der Waals surface area (Å²) in [5, 5.41) is 0.676. The summed E-state index contributed by atoms with van der Waals surface area (Å²) in [7, 11) is 3.36. The van der Waals surface area contributed by atoms with Crippen LogP contribution < -0.4 is 4.74 Å². The number of likely N-dealkylation sites (N-methyl/N-ethyl adjacent to an activating group) is 1. The van der Waals surface area contributed by atoms with Crippen LogP contribution in [-0.2, 0) is 14.3 Å². The van der Waals surface area contributed by atoms with E-state index in [0.29, 0.717) is 15.8 Å². The van der Waals surface area contributed by atoms with E-state index in [9.17, 15) is 9.59 Å². The van der Waals surface area contributed by atoms with Crippen molar-refractivity contribution in [1.29, 1.82) is 0 Å². The van der Waals surface area contributed by atoms with Gasteiger partial charge in [-0.25, -0.2) is 4.79 Å². The Bertz CT molecular complexity index is 680. The number of thioether (sulfide) groups is 1. The smallest absolute Gasteiger partial charge is 0.344 e. The minimum Gasteiger partial charge on any atom is -0.482 e. The van der Waals surface area contributed by atoms with Gasteiger partial charge >= 0.3 is 5.97 Å². The molecule has 1 aliphatic rings. The lowest BCUT2D eigenvalue weighted by molar-refractivity contribution is -0.149. The second-order valence-corrected chi connectivity index (χ2v) is 6.39. The Kier molecular flexibility index (Phi) is 6.03. The van der Waals surface area contributed by atoms with Crippen molar-refractivity contribution < 1.29 is 19.1 Å². The molecule has 2 rings (SSSR count). The Morgan fingerprint density at radius 3 is 2.54 bits per heavy atom. The normalized spacial score (nSPS) is 17.9. The molecule has 6 nitrogen and oxygen atoms in total. The first-order valence-electron chi connectivity index (χ1n) is 7.47. The van der Waals surface area contributed by atoms with Gasteiger partial charge in [0, 0.05) is 14.1 Å². The van der Waals surface area contributed by atoms with E-state index in [0.717, 1.165) is 5.56 Å². The van der Waals surface area contributed by atoms with Gasteiger partial charge in [-0.3, -0.25) is 14.7 Å². The van der Waals surface area contributed by atoms with Gasteiger partial charge in [0.05, 0.1) is 11.0 Å². The fourth-order valence-corrected chi connectivity index (χ4v) is 2.93. The van der Waals surface area contributed by atoms with Gasteiger partial charge in [-0.05, 0) is 49.4 Å². The molecule has 0 radical (unpaired) electrons. The lowest BCUT2D eigenvalue weighted by Gasteiger charge is -2.09. The highest BCUT2D eigenvalue weighted by Crippen LogP contribution is 2.31. The van der Waals surface area contributed by atoms with Crippen LogP contribution in [0.5, 0.6) is 5.75 Å². The molecule has 0 N–H and O–H groups in total. The molecular weight excluding hydrogens is 328 g/mol. The number of hydrogen-bond donors (Lipinski definition) is 0. The molecule has 1 aromatic rings. The Hall–Kier alpha value is -2.28. The summed E-state index contributed by atoms with van der Waals surface area (Å²) in [5.74, 6) is 0.0899. The van der Waals surface area contributed by atoms with E-state index in [1.165, 1.54) is 16.7 Å². The van der Waals surface area contributed by atoms with E-state index in [2.05, 4.69) is 4.99 Å². The highest BCUT2D eigenvalue weighted by atomic mass is 32.2. The van der Waals surface area contributed by atoms with Crippen LogP contribution in [-0.4, -0.2) is 48.8 Å². The molecule has 1 aromatic carbocycles. The number of amidine groups is 1. The molecule has 0 aliphatic carbocycles. The second-order valence-electron chi connectivity index (χ2n) is 5.38. The Morgan fingerprint density at radius 1 is 1.33 bits per heavy atom. The predicted molar refractivity (Wildman–Crippen MR) is 94.9 cm³/mol. The van der Waals surface area contributed by atoms with Gasteiger partial charge in [-0.15, -0.1) is 0 Å². The first kappa shape index (κ1) is 18.1. The largest absolute Gasteiger partial charge is 0.482 e. The van der Waals surface area contributed by atoms with Crippen LogP contribution in [0.2, 0.25) is 0 Å². The average molecular weight is 348 g/mol. The summed E-state index contributed by atoms with van der Waals surface area (Å²) >= 11 is 1.34. The zero-order chi connectivity index (χ0) is 17.7. The van der Waals surface area contributed by atoms with Crippen LogP contribution in [0.4, 0.5) is 0 Å². The van der Waals surface area contributed by atoms with E-state index in [1.54, 1.807) is 46.2 Å². The molecule has 0 unspecified atom stereocenters. The van der Waals surface area contributed by atoms with Gasteiger partial charge in [0.25, 0.3) is 5.91 Å². The number of aliphatic imine (C=N–C) groups is 1. The summed E-state index contributed by atoms with van der Waals surface area (Å²) in [4.78, 5) is 29.7. The van der Waals surface area contributed by atoms with Crippen molar-refractivity contribution in [3.63, 3.8) is 0 Å². The fraction of sp³-hybridized carbons (Fsp3) is 0.353. The van der Waals surface area contributed by atoms with Crippen LogP contribution >= 0.6 is 11.8 Å². The number of hydrogen-bond acceptors (Lipinski definition) is 6. The minimum atomic E-state index is -0.404. The quantitative estimate of drug-likeness (QED) is 0.604. The summed E-state index contributed by atoms with van der Waals surface area (Å²) in [6.07, 6.45) is 1.64. The molecule has 128 valence electrons. The lowest BCUT2D eigenvalue weighted by Crippen LogP contribution is -2.23. The SMILES string of the molecule is CN=C1S/C(=C\c2ccc(OCC(=O)OC(C)C)cc2)C(=O)N1C. The highest BCUT2D eigenvalue weighted by molar-refractivity contribution is 8.18. The van der Waals surface area contributed by atoms with Gasteiger partial charge < -0.3 is 9.47 Å². The first-order chi connectivity index (χ1) is 11.4. The first-order valence-corrected chi connectivity index (χ1v) is 8.29. The Labute approximate surface area is 145 Å². The number of carbonyl (C=O) groups is 2. The number of carbonyl (C=O) groups excluding carboxylic acids is 2. The zero-order valence-electron chi connectivity index (χ0n) is 14.1. The lowest BCUT2D eigenvalue weighted by atomic mass is 10.2. The summed E-state index contributed by atoms with van der Waals surface area (Å²) < 4.78 is 10.4. The predicted octanol–water partition coefficient (Wildman–Crippen LogP) is 2.55. The molecule has 0 aromatic heterocycles. The Balaban J connectivity index is 1.99. The second kappa shape index (κ2) is 8.01. The van der Waals surface area contributed by atoms with E-state index in [4.69, 9.17) is 9.47 Å². The third-order valence-corrected chi connectivity index (χ3v) is 4.25. The van der Waals surface area contributed by atoms with Gasteiger partial charge in [0.2, 0.25) is 0 Å². The number of benzene rings is 1. The van der Waals surface area contributed by atoms with Crippen LogP contribution in [0.1, 0.15) is 19.4 Å². The van der Waals surface area contributed by atoms with Crippen molar-refractivity contribution in [1.82, 2.24) is 4.90 Å². The van der Waals surface area contributed by atoms with Gasteiger partial charge in [-0.1, -0.05) is 12.1 Å². The van der Waals surface area contributed by atoms with E-state index < -0.39 is 5.97 Å². The van der Waals surface area contributed by atoms with E-state index in [1.807, 2.05) is 12.1 Å². The van der Waals surface area contributed by atoms with Crippen LogP contribution in [0.3, 0.4) is 0 Å². The van der Waals surface area contributed by atoms with Gasteiger partial charge in [0.15, 0.2) is 11.8 Å². The third kappa shape index (κ3) is 4.61. The molecule has 0 bridgehead atoms. The maximum atomic E-state index is 12.1. The number of amides is 1. The maximum absolute atomic E-state index is 12.1. The molecule has 1 aliphatic heterocycles. The van der Waals surface area contributed by atoms with Crippen LogP contribution in [0, 0.1) is 0 Å². The van der Waals surface area contributed by atoms with Crippen LogP contribution in [0.25, 0.3) is 6.08 Å². The summed E-state index contributed by atoms with van der Waals surface area (Å²) in [6.45, 7) is 3.44. The Morgan fingerprint density at radius 2 is 2.00 bits per heavy atom. The molecule has 1 heterocycles. The zero-order valence-corrected chi connectivity index (χ0v) is 14.9. The molecule has 24 heavy (non-hydrogen) atoms. The van der Waals surface area contributed by atoms with Crippen molar-refractivity contribution in [3.05, 3.63) is 34.7 Å². The summed E-state index contributed by atoms with van der Waals surface area (Å²) in [5.41, 5.74) is 0.869. The molecule has 0 saturated carbocycles. The fourth-order valence-electron chi connectivity index (χ4n) is 2.00. The van der Waals surface area contributed by atoms with Crippen molar-refractivity contribution >= 4 is 34.9 Å². The molecule has 7 heteroatoms. The number of rotatable bonds is 5. The standard InChI is InChI=1S/C17H20N2O4S/c1-11(2)23-15(20)10-22-13-7-5-12(6-8-13)9-14-16(21)19(4)17(18-3)24-14/h5-9,11H,10H2,1-4H3/b14-9-,18-17?. The average Bonchev–Trinajstić information content (AvgIpc) is 2.81. The summed E-state index contributed by atoms with van der Waals surface area (Å²) in [6, 6.07) is 7.14. The molecule has 0 atom stereocenters. The molecular formula is C17H20N2O4S.